The molecule has 0 atom stereocenters. The molecule has 3 aromatic carbocycles. The molecule has 0 saturated carbocycles. The predicted octanol–water partition coefficient (Wildman–Crippen LogP) is 4.78. The highest BCUT2D eigenvalue weighted by Gasteiger charge is 2.17. The lowest BCUT2D eigenvalue weighted by Crippen LogP contribution is -2.21. The molecule has 0 saturated heterocycles. The molecule has 5 N–H and O–H groups in total. The summed E-state index contributed by atoms with van der Waals surface area (Å²) in [5.41, 5.74) is 16.1. The number of ether oxygens (including phenoxy) is 1. The topological polar surface area (TPSA) is 118 Å². The van der Waals surface area contributed by atoms with Crippen LogP contribution in [0.1, 0.15) is 15.9 Å². The van der Waals surface area contributed by atoms with Gasteiger partial charge in [-0.1, -0.05) is 30.3 Å². The summed E-state index contributed by atoms with van der Waals surface area (Å²) >= 11 is 0. The molecule has 4 aromatic rings. The number of nitrogen functional groups attached to an aromatic ring is 2. The summed E-state index contributed by atoms with van der Waals surface area (Å²) in [7, 11) is 3.42. The molecule has 0 bridgehead atoms. The van der Waals surface area contributed by atoms with Crippen LogP contribution in [0.25, 0.3) is 22.5 Å². The average molecular weight is 452 g/mol. The van der Waals surface area contributed by atoms with Crippen LogP contribution in [0.15, 0.2) is 84.9 Å². The van der Waals surface area contributed by atoms with Gasteiger partial charge in [-0.25, -0.2) is 4.98 Å². The Morgan fingerprint density at radius 1 is 0.882 bits per heavy atom. The lowest BCUT2D eigenvalue weighted by molar-refractivity contribution is 0.0827. The zero-order valence-electron chi connectivity index (χ0n) is 18.9. The molecule has 1 heterocycles. The van der Waals surface area contributed by atoms with Crippen molar-refractivity contribution in [1.29, 1.82) is 5.41 Å². The van der Waals surface area contributed by atoms with Crippen molar-refractivity contribution in [2.45, 2.75) is 0 Å². The molecule has 0 fully saturated rings. The van der Waals surface area contributed by atoms with Gasteiger partial charge in [0, 0.05) is 36.5 Å². The number of nitrogens with zero attached hydrogens (tertiary/aromatic N) is 2. The molecule has 34 heavy (non-hydrogen) atoms. The van der Waals surface area contributed by atoms with E-state index in [2.05, 4.69) is 0 Å². The molecule has 0 unspecified atom stereocenters. The molecule has 4 rings (SSSR count). The van der Waals surface area contributed by atoms with E-state index in [1.165, 1.54) is 4.90 Å². The van der Waals surface area contributed by atoms with Crippen molar-refractivity contribution >= 4 is 17.4 Å². The van der Waals surface area contributed by atoms with E-state index < -0.39 is 0 Å². The smallest absolute Gasteiger partial charge is 0.253 e. The number of pyridine rings is 1. The summed E-state index contributed by atoms with van der Waals surface area (Å²) in [5.74, 6) is 1.16. The third-order valence-corrected chi connectivity index (χ3v) is 5.26. The van der Waals surface area contributed by atoms with Gasteiger partial charge in [-0.2, -0.15) is 0 Å². The molecular weight excluding hydrogens is 426 g/mol. The number of nitrogens with one attached hydrogen (secondary N) is 1. The minimum atomic E-state index is -0.164. The van der Waals surface area contributed by atoms with Gasteiger partial charge in [-0.15, -0.1) is 0 Å². The van der Waals surface area contributed by atoms with Crippen molar-refractivity contribution in [3.8, 4) is 34.0 Å². The lowest BCUT2D eigenvalue weighted by Gasteiger charge is -2.15. The Balaban J connectivity index is 1.71. The van der Waals surface area contributed by atoms with E-state index in [4.69, 9.17) is 26.6 Å². The van der Waals surface area contributed by atoms with Crippen molar-refractivity contribution in [3.05, 3.63) is 96.1 Å². The van der Waals surface area contributed by atoms with Crippen molar-refractivity contribution in [2.24, 2.45) is 5.73 Å². The first-order valence-corrected chi connectivity index (χ1v) is 10.6. The van der Waals surface area contributed by atoms with Gasteiger partial charge in [0.15, 0.2) is 0 Å². The van der Waals surface area contributed by atoms with Crippen LogP contribution in [0.5, 0.6) is 11.5 Å². The highest BCUT2D eigenvalue weighted by molar-refractivity contribution is 6.06. The van der Waals surface area contributed by atoms with Gasteiger partial charge in [0.1, 0.15) is 17.3 Å². The number of para-hydroxylation sites is 1. The Kier molecular flexibility index (Phi) is 6.27. The SMILES string of the molecule is CN(C)C(=O)c1ccc(-c2cc(N)c(C(=N)N)c(-c3ccc(Oc4ccccc4)cc3)n2)cc1. The van der Waals surface area contributed by atoms with E-state index in [-0.39, 0.29) is 11.7 Å². The number of benzene rings is 3. The monoisotopic (exact) mass is 451 g/mol. The average Bonchev–Trinajstić information content (AvgIpc) is 2.84. The summed E-state index contributed by atoms with van der Waals surface area (Å²) in [6, 6.07) is 25.7. The minimum absolute atomic E-state index is 0.0792. The number of nitrogens with two attached hydrogens (primary N) is 2. The fraction of sp³-hybridized carbons (Fsp3) is 0.0741. The Labute approximate surface area is 198 Å². The molecule has 0 aliphatic rings. The number of rotatable bonds is 6. The second-order valence-corrected chi connectivity index (χ2v) is 7.95. The zero-order chi connectivity index (χ0) is 24.2. The first kappa shape index (κ1) is 22.5. The fourth-order valence-corrected chi connectivity index (χ4v) is 3.55. The number of carbonyl (C=O) groups is 1. The van der Waals surface area contributed by atoms with E-state index in [0.29, 0.717) is 34.0 Å². The lowest BCUT2D eigenvalue weighted by atomic mass is 10.00. The van der Waals surface area contributed by atoms with Crippen LogP contribution >= 0.6 is 0 Å². The summed E-state index contributed by atoms with van der Waals surface area (Å²) in [6.45, 7) is 0. The maximum absolute atomic E-state index is 12.2. The molecule has 1 aromatic heterocycles. The Morgan fingerprint density at radius 3 is 2.06 bits per heavy atom. The highest BCUT2D eigenvalue weighted by atomic mass is 16.5. The minimum Gasteiger partial charge on any atom is -0.457 e. The molecule has 170 valence electrons. The summed E-state index contributed by atoms with van der Waals surface area (Å²) < 4.78 is 5.87. The maximum atomic E-state index is 12.2. The van der Waals surface area contributed by atoms with Gasteiger partial charge in [0.05, 0.1) is 17.0 Å². The Morgan fingerprint density at radius 2 is 1.47 bits per heavy atom. The number of amides is 1. The first-order chi connectivity index (χ1) is 16.3. The number of aromatic nitrogens is 1. The predicted molar refractivity (Wildman–Crippen MR) is 135 cm³/mol. The van der Waals surface area contributed by atoms with Crippen LogP contribution in [-0.4, -0.2) is 35.7 Å². The van der Waals surface area contributed by atoms with Gasteiger partial charge in [-0.3, -0.25) is 10.2 Å². The van der Waals surface area contributed by atoms with E-state index in [9.17, 15) is 4.79 Å². The van der Waals surface area contributed by atoms with E-state index in [0.717, 1.165) is 16.9 Å². The van der Waals surface area contributed by atoms with Crippen molar-refractivity contribution < 1.29 is 9.53 Å². The quantitative estimate of drug-likeness (QED) is 0.288. The van der Waals surface area contributed by atoms with Crippen molar-refractivity contribution in [3.63, 3.8) is 0 Å². The van der Waals surface area contributed by atoms with Crippen molar-refractivity contribution in [1.82, 2.24) is 9.88 Å². The number of hydrogen-bond donors (Lipinski definition) is 3. The van der Waals surface area contributed by atoms with Crippen molar-refractivity contribution in [2.75, 3.05) is 19.8 Å². The van der Waals surface area contributed by atoms with Crippen LogP contribution in [-0.2, 0) is 0 Å². The Hall–Kier alpha value is -4.65. The van der Waals surface area contributed by atoms with Crippen LogP contribution in [0, 0.1) is 5.41 Å². The summed E-state index contributed by atoms with van der Waals surface area (Å²) in [5, 5.41) is 8.04. The maximum Gasteiger partial charge on any atom is 0.253 e. The van der Waals surface area contributed by atoms with Crippen LogP contribution in [0.2, 0.25) is 0 Å². The third kappa shape index (κ3) is 4.73. The van der Waals surface area contributed by atoms with E-state index >= 15 is 0 Å². The van der Waals surface area contributed by atoms with Crippen LogP contribution < -0.4 is 16.2 Å². The summed E-state index contributed by atoms with van der Waals surface area (Å²) in [4.78, 5) is 18.5. The molecule has 0 spiro atoms. The first-order valence-electron chi connectivity index (χ1n) is 10.6. The number of anilines is 1. The van der Waals surface area contributed by atoms with Gasteiger partial charge < -0.3 is 21.1 Å². The highest BCUT2D eigenvalue weighted by Crippen LogP contribution is 2.32. The van der Waals surface area contributed by atoms with Gasteiger partial charge in [0.25, 0.3) is 5.91 Å². The van der Waals surface area contributed by atoms with Crippen LogP contribution in [0.3, 0.4) is 0 Å². The third-order valence-electron chi connectivity index (χ3n) is 5.26. The standard InChI is InChI=1S/C27H25N5O2/c1-32(2)27(33)19-10-8-17(9-11-19)23-16-22(28)24(26(29)30)25(31-23)18-12-14-21(15-13-18)34-20-6-4-3-5-7-20/h3-16H,1-2H3,(H2,28,31)(H3,29,30). The molecular formula is C27H25N5O2. The van der Waals surface area contributed by atoms with E-state index in [1.54, 1.807) is 32.3 Å². The fourth-order valence-electron chi connectivity index (χ4n) is 3.55. The molecule has 0 aliphatic carbocycles. The summed E-state index contributed by atoms with van der Waals surface area (Å²) in [6.07, 6.45) is 0. The van der Waals surface area contributed by atoms with Gasteiger partial charge >= 0.3 is 0 Å². The second kappa shape index (κ2) is 9.46. The number of carbonyl (C=O) groups excluding carboxylic acids is 1. The molecule has 7 heteroatoms. The largest absolute Gasteiger partial charge is 0.457 e. The number of amidine groups is 1. The van der Waals surface area contributed by atoms with Gasteiger partial charge in [-0.05, 0) is 54.6 Å². The molecule has 1 amide bonds. The van der Waals surface area contributed by atoms with Gasteiger partial charge in [0.2, 0.25) is 0 Å². The van der Waals surface area contributed by atoms with E-state index in [1.807, 2.05) is 66.7 Å². The number of hydrogen-bond acceptors (Lipinski definition) is 5. The second-order valence-electron chi connectivity index (χ2n) is 7.95. The molecule has 0 aliphatic heterocycles. The molecule has 7 nitrogen and oxygen atoms in total. The zero-order valence-corrected chi connectivity index (χ0v) is 18.9. The normalized spacial score (nSPS) is 10.5. The van der Waals surface area contributed by atoms with Crippen LogP contribution in [0.4, 0.5) is 5.69 Å². The Bertz CT molecular complexity index is 1330. The molecule has 0 radical (unpaired) electrons.